The van der Waals surface area contributed by atoms with E-state index in [4.69, 9.17) is 9.98 Å². The van der Waals surface area contributed by atoms with Crippen molar-refractivity contribution in [3.8, 4) is 11.1 Å². The fourth-order valence-corrected chi connectivity index (χ4v) is 9.24. The zero-order valence-electron chi connectivity index (χ0n) is 31.9. The summed E-state index contributed by atoms with van der Waals surface area (Å²) in [6, 6.07) is 48.1. The predicted octanol–water partition coefficient (Wildman–Crippen LogP) is 12.5. The Morgan fingerprint density at radius 3 is 2.21 bits per heavy atom. The molecule has 5 unspecified atom stereocenters. The number of nitrogens with zero attached hydrogens (tertiary/aromatic N) is 2. The smallest absolute Gasteiger partial charge is 0.159 e. The van der Waals surface area contributed by atoms with Gasteiger partial charge in [0.2, 0.25) is 0 Å². The lowest BCUT2D eigenvalue weighted by Gasteiger charge is -2.37. The first-order valence-electron chi connectivity index (χ1n) is 20.1. The fraction of sp³-hybridized carbons (Fsp3) is 0.170. The molecule has 0 radical (unpaired) electrons. The Kier molecular flexibility index (Phi) is 9.99. The van der Waals surface area contributed by atoms with Crippen LogP contribution in [0, 0.1) is 11.8 Å². The number of fused-ring (bicyclic) bond motifs is 3. The summed E-state index contributed by atoms with van der Waals surface area (Å²) in [7, 11) is 0. The molecule has 9 rings (SSSR count). The Bertz CT molecular complexity index is 2440. The topological polar surface area (TPSA) is 36.8 Å². The molecule has 1 N–H and O–H groups in total. The number of amidine groups is 2. The zero-order chi connectivity index (χ0) is 37.7. The molecule has 1 aliphatic heterocycles. The van der Waals surface area contributed by atoms with Crippen LogP contribution in [0.3, 0.4) is 0 Å². The van der Waals surface area contributed by atoms with Crippen molar-refractivity contribution in [2.24, 2.45) is 21.8 Å². The van der Waals surface area contributed by atoms with Crippen molar-refractivity contribution in [3.63, 3.8) is 0 Å². The van der Waals surface area contributed by atoms with E-state index in [9.17, 15) is 0 Å². The highest BCUT2D eigenvalue weighted by atomic mass is 15.2. The molecule has 3 nitrogen and oxygen atoms in total. The van der Waals surface area contributed by atoms with E-state index in [0.717, 1.165) is 42.1 Å². The highest BCUT2D eigenvalue weighted by Crippen LogP contribution is 2.59. The molecule has 274 valence electrons. The van der Waals surface area contributed by atoms with Crippen LogP contribution in [-0.4, -0.2) is 11.7 Å². The molecule has 0 saturated carbocycles. The first kappa shape index (κ1) is 35.4. The van der Waals surface area contributed by atoms with E-state index in [2.05, 4.69) is 213 Å². The van der Waals surface area contributed by atoms with Gasteiger partial charge in [-0.15, -0.1) is 0 Å². The first-order chi connectivity index (χ1) is 27.7. The molecule has 5 aromatic carbocycles. The quantitative estimate of drug-likeness (QED) is 0.143. The van der Waals surface area contributed by atoms with Gasteiger partial charge in [-0.1, -0.05) is 201 Å². The second kappa shape index (κ2) is 15.8. The van der Waals surface area contributed by atoms with Crippen LogP contribution in [0.4, 0.5) is 0 Å². The van der Waals surface area contributed by atoms with E-state index in [1.807, 2.05) is 0 Å². The van der Waals surface area contributed by atoms with Gasteiger partial charge in [-0.3, -0.25) is 0 Å². The van der Waals surface area contributed by atoms with Crippen LogP contribution in [0.15, 0.2) is 210 Å². The number of hydrogen-bond donors (Lipinski definition) is 1. The third-order valence-corrected chi connectivity index (χ3v) is 11.9. The summed E-state index contributed by atoms with van der Waals surface area (Å²) in [5.74, 6) is 2.25. The summed E-state index contributed by atoms with van der Waals surface area (Å²) in [6.45, 7) is 2.18. The van der Waals surface area contributed by atoms with Gasteiger partial charge in [0.05, 0.1) is 0 Å². The van der Waals surface area contributed by atoms with Crippen LogP contribution in [0.2, 0.25) is 0 Å². The maximum Gasteiger partial charge on any atom is 0.159 e. The third kappa shape index (κ3) is 6.68. The van der Waals surface area contributed by atoms with Crippen molar-refractivity contribution in [1.29, 1.82) is 0 Å². The van der Waals surface area contributed by atoms with E-state index in [1.54, 1.807) is 0 Å². The predicted molar refractivity (Wildman–Crippen MR) is 235 cm³/mol. The Balaban J connectivity index is 1.19. The number of allylic oxidation sites excluding steroid dienone is 11. The van der Waals surface area contributed by atoms with E-state index in [1.165, 1.54) is 39.0 Å². The van der Waals surface area contributed by atoms with Crippen LogP contribution in [0.1, 0.15) is 71.7 Å². The molecule has 3 heteroatoms. The summed E-state index contributed by atoms with van der Waals surface area (Å²) >= 11 is 0. The second-order valence-electron chi connectivity index (χ2n) is 15.1. The maximum atomic E-state index is 5.52. The minimum Gasteiger partial charge on any atom is -0.348 e. The highest BCUT2D eigenvalue weighted by molar-refractivity contribution is 6.10. The number of rotatable bonds is 10. The van der Waals surface area contributed by atoms with Crippen LogP contribution >= 0.6 is 0 Å². The van der Waals surface area contributed by atoms with Gasteiger partial charge in [-0.05, 0) is 69.8 Å². The van der Waals surface area contributed by atoms with Crippen molar-refractivity contribution in [2.75, 3.05) is 0 Å². The van der Waals surface area contributed by atoms with Gasteiger partial charge >= 0.3 is 0 Å². The Hall–Kier alpha value is -6.32. The highest BCUT2D eigenvalue weighted by Gasteiger charge is 2.52. The molecule has 0 saturated heterocycles. The minimum absolute atomic E-state index is 0.0762. The molecule has 3 aliphatic carbocycles. The molecule has 1 heterocycles. The monoisotopic (exact) mass is 725 g/mol. The second-order valence-corrected chi connectivity index (χ2v) is 15.1. The molecular weight excluding hydrogens is 679 g/mol. The molecule has 4 aliphatic rings. The van der Waals surface area contributed by atoms with Crippen molar-refractivity contribution in [2.45, 2.75) is 43.7 Å². The summed E-state index contributed by atoms with van der Waals surface area (Å²) in [5, 5.41) is 3.84. The third-order valence-electron chi connectivity index (χ3n) is 11.9. The molecule has 0 bridgehead atoms. The van der Waals surface area contributed by atoms with E-state index >= 15 is 0 Å². The summed E-state index contributed by atoms with van der Waals surface area (Å²) < 4.78 is 0. The number of benzene rings is 5. The summed E-state index contributed by atoms with van der Waals surface area (Å²) in [4.78, 5) is 11.0. The average molecular weight is 726 g/mol. The van der Waals surface area contributed by atoms with Gasteiger partial charge in [-0.2, -0.15) is 0 Å². The molecular formula is C53H47N3. The molecule has 56 heavy (non-hydrogen) atoms. The van der Waals surface area contributed by atoms with Gasteiger partial charge in [0.1, 0.15) is 12.0 Å². The van der Waals surface area contributed by atoms with Crippen molar-refractivity contribution in [3.05, 3.63) is 234 Å². The average Bonchev–Trinajstić information content (AvgIpc) is 3.57. The Labute approximate surface area is 331 Å². The molecule has 0 fully saturated rings. The normalized spacial score (nSPS) is 23.7. The number of hydrogen-bond acceptors (Lipinski definition) is 3. The van der Waals surface area contributed by atoms with Gasteiger partial charge in [0, 0.05) is 28.7 Å². The van der Waals surface area contributed by atoms with Crippen molar-refractivity contribution in [1.82, 2.24) is 5.32 Å². The standard InChI is InChI=1S/C53H47N3/c1-2-3-4-5-17-35-53(44-29-13-8-14-30-44)47-33-16-15-31-45(47)49-46(32-20-34-48(49)53)52-55-50(42-27-18-25-40(36-42)38-21-9-6-10-22-38)54-51(56-52)43-28-19-26-41(37-43)39-23-11-7-12-24-39/h3-34,36,43,45,47,50H,2,35,37H2,1H3,(H,54,55,56)/b4-3-,17-5-. The van der Waals surface area contributed by atoms with Crippen molar-refractivity contribution >= 4 is 17.2 Å². The maximum absolute atomic E-state index is 5.52. The van der Waals surface area contributed by atoms with E-state index < -0.39 is 0 Å². The van der Waals surface area contributed by atoms with E-state index in [-0.39, 0.29) is 29.3 Å². The molecule has 0 aromatic heterocycles. The number of nitrogens with one attached hydrogen (secondary N) is 1. The van der Waals surface area contributed by atoms with Gasteiger partial charge in [0.25, 0.3) is 0 Å². The molecule has 5 atom stereocenters. The largest absolute Gasteiger partial charge is 0.348 e. The Morgan fingerprint density at radius 2 is 1.41 bits per heavy atom. The first-order valence-corrected chi connectivity index (χ1v) is 20.1. The fourth-order valence-electron chi connectivity index (χ4n) is 9.24. The molecule has 5 aromatic rings. The number of aliphatic imine (C=N–C) groups is 2. The Morgan fingerprint density at radius 1 is 0.696 bits per heavy atom. The van der Waals surface area contributed by atoms with Crippen LogP contribution in [0.5, 0.6) is 0 Å². The SMILES string of the molecule is CC/C=C\C=C/CC1(c2ccccc2)c2cccc(C3=NC(c4cccc(-c5ccccc5)c4)NC(C4C=CC=C(c5ccccc5)C4)=N3)c2C2C=CC=CC21. The minimum atomic E-state index is -0.303. The summed E-state index contributed by atoms with van der Waals surface area (Å²) in [5.41, 5.74) is 11.0. The molecule has 0 spiro atoms. The van der Waals surface area contributed by atoms with Crippen molar-refractivity contribution < 1.29 is 0 Å². The lowest BCUT2D eigenvalue weighted by molar-refractivity contribution is 0.395. The van der Waals surface area contributed by atoms with Crippen LogP contribution < -0.4 is 5.32 Å². The van der Waals surface area contributed by atoms with Gasteiger partial charge < -0.3 is 5.32 Å². The summed E-state index contributed by atoms with van der Waals surface area (Å²) in [6.07, 6.45) is 27.5. The lowest BCUT2D eigenvalue weighted by Crippen LogP contribution is -2.38. The van der Waals surface area contributed by atoms with Gasteiger partial charge in [-0.25, -0.2) is 9.98 Å². The molecule has 0 amide bonds. The zero-order valence-corrected chi connectivity index (χ0v) is 31.9. The van der Waals surface area contributed by atoms with E-state index in [0.29, 0.717) is 0 Å². The lowest BCUT2D eigenvalue weighted by atomic mass is 9.65. The van der Waals surface area contributed by atoms with Crippen LogP contribution in [0.25, 0.3) is 16.7 Å². The van der Waals surface area contributed by atoms with Crippen LogP contribution in [-0.2, 0) is 5.41 Å². The van der Waals surface area contributed by atoms with Gasteiger partial charge in [0.15, 0.2) is 5.84 Å².